The Morgan fingerprint density at radius 2 is 1.76 bits per heavy atom. The molecule has 2 aromatic carbocycles. The van der Waals surface area contributed by atoms with Gasteiger partial charge in [-0.2, -0.15) is 5.10 Å². The lowest BCUT2D eigenvalue weighted by Crippen LogP contribution is -2.51. The van der Waals surface area contributed by atoms with Crippen molar-refractivity contribution in [3.05, 3.63) is 65.9 Å². The van der Waals surface area contributed by atoms with Gasteiger partial charge in [0, 0.05) is 18.6 Å². The average molecular weight is 565 g/mol. The van der Waals surface area contributed by atoms with Crippen LogP contribution in [0, 0.1) is 5.92 Å². The number of ether oxygens (including phenoxy) is 2. The van der Waals surface area contributed by atoms with Gasteiger partial charge in [-0.3, -0.25) is 9.59 Å². The number of hydrogen-bond donors (Lipinski definition) is 2. The molecular formula is C31H40N4O6. The van der Waals surface area contributed by atoms with Crippen molar-refractivity contribution in [2.24, 2.45) is 11.0 Å². The highest BCUT2D eigenvalue weighted by Crippen LogP contribution is 2.28. The molecule has 10 nitrogen and oxygen atoms in total. The third kappa shape index (κ3) is 9.37. The van der Waals surface area contributed by atoms with Crippen LogP contribution in [0.25, 0.3) is 11.0 Å². The maximum absolute atomic E-state index is 13.5. The van der Waals surface area contributed by atoms with Gasteiger partial charge in [0.2, 0.25) is 5.91 Å². The predicted molar refractivity (Wildman–Crippen MR) is 158 cm³/mol. The molecule has 0 spiro atoms. The maximum Gasteiger partial charge on any atom is 0.430 e. The lowest BCUT2D eigenvalue weighted by atomic mass is 10.0. The Morgan fingerprint density at radius 1 is 1.05 bits per heavy atom. The van der Waals surface area contributed by atoms with E-state index in [0.717, 1.165) is 10.6 Å². The second-order valence-electron chi connectivity index (χ2n) is 11.2. The summed E-state index contributed by atoms with van der Waals surface area (Å²) in [6.07, 6.45) is 1.69. The van der Waals surface area contributed by atoms with Gasteiger partial charge in [-0.05, 0) is 57.2 Å². The van der Waals surface area contributed by atoms with Gasteiger partial charge < -0.3 is 24.5 Å². The first-order valence-corrected chi connectivity index (χ1v) is 13.6. The zero-order valence-corrected chi connectivity index (χ0v) is 24.8. The molecule has 0 aliphatic rings. The summed E-state index contributed by atoms with van der Waals surface area (Å²) in [6.45, 7) is 9.25. The third-order valence-electron chi connectivity index (χ3n) is 5.98. The number of amides is 3. The minimum absolute atomic E-state index is 0.0763. The fraction of sp³-hybridized carbons (Fsp3) is 0.419. The molecule has 1 aromatic heterocycles. The topological polar surface area (TPSA) is 122 Å². The van der Waals surface area contributed by atoms with E-state index in [9.17, 15) is 14.4 Å². The summed E-state index contributed by atoms with van der Waals surface area (Å²) < 4.78 is 16.5. The molecule has 0 aliphatic carbocycles. The monoisotopic (exact) mass is 564 g/mol. The number of nitrogens with one attached hydrogen (secondary N) is 2. The first kappa shape index (κ1) is 31.2. The molecule has 10 heteroatoms. The van der Waals surface area contributed by atoms with E-state index in [2.05, 4.69) is 15.7 Å². The smallest absolute Gasteiger partial charge is 0.430 e. The van der Waals surface area contributed by atoms with Crippen LogP contribution < -0.4 is 15.4 Å². The molecule has 0 saturated heterocycles. The summed E-state index contributed by atoms with van der Waals surface area (Å²) in [4.78, 5) is 39.1. The number of benzene rings is 2. The predicted octanol–water partition coefficient (Wildman–Crippen LogP) is 5.17. The molecule has 0 aliphatic heterocycles. The Labute approximate surface area is 241 Å². The molecule has 0 radical (unpaired) electrons. The largest absolute Gasteiger partial charge is 0.493 e. The van der Waals surface area contributed by atoms with E-state index in [-0.39, 0.29) is 17.6 Å². The van der Waals surface area contributed by atoms with Crippen LogP contribution in [0.2, 0.25) is 0 Å². The summed E-state index contributed by atoms with van der Waals surface area (Å²) in [5.74, 6) is -0.193. The van der Waals surface area contributed by atoms with E-state index < -0.39 is 29.7 Å². The van der Waals surface area contributed by atoms with Crippen LogP contribution in [-0.4, -0.2) is 61.0 Å². The lowest BCUT2D eigenvalue weighted by molar-refractivity contribution is -0.123. The van der Waals surface area contributed by atoms with Gasteiger partial charge in [-0.15, -0.1) is 0 Å². The zero-order valence-electron chi connectivity index (χ0n) is 24.8. The van der Waals surface area contributed by atoms with Crippen LogP contribution in [0.15, 0.2) is 64.1 Å². The van der Waals surface area contributed by atoms with Crippen molar-refractivity contribution in [3.63, 3.8) is 0 Å². The van der Waals surface area contributed by atoms with Crippen molar-refractivity contribution in [2.75, 3.05) is 14.2 Å². The van der Waals surface area contributed by atoms with Crippen LogP contribution in [-0.2, 0) is 16.0 Å². The number of furan rings is 1. The SMILES string of the molecule is COc1cccc2cc(C(=O)N[C@@H](CC(C)C)C(=O)N[C@H](/C=N/N(C)C(=O)OC(C)(C)C)Cc3ccccc3)oc12. The van der Waals surface area contributed by atoms with Crippen molar-refractivity contribution in [1.29, 1.82) is 0 Å². The van der Waals surface area contributed by atoms with Crippen molar-refractivity contribution < 1.29 is 28.3 Å². The Balaban J connectivity index is 1.79. The van der Waals surface area contributed by atoms with Crippen LogP contribution in [0.4, 0.5) is 4.79 Å². The van der Waals surface area contributed by atoms with Gasteiger partial charge in [0.05, 0.1) is 13.2 Å². The molecule has 3 aromatic rings. The fourth-order valence-electron chi connectivity index (χ4n) is 4.09. The first-order chi connectivity index (χ1) is 19.4. The van der Waals surface area contributed by atoms with Gasteiger partial charge in [0.25, 0.3) is 5.91 Å². The average Bonchev–Trinajstić information content (AvgIpc) is 3.35. The normalized spacial score (nSPS) is 13.2. The summed E-state index contributed by atoms with van der Waals surface area (Å²) in [6, 6.07) is 15.2. The molecule has 0 unspecified atom stereocenters. The minimum atomic E-state index is -0.840. The number of hydrazone groups is 1. The van der Waals surface area contributed by atoms with Gasteiger partial charge in [-0.1, -0.05) is 56.3 Å². The second-order valence-corrected chi connectivity index (χ2v) is 11.2. The zero-order chi connectivity index (χ0) is 30.2. The molecule has 41 heavy (non-hydrogen) atoms. The molecule has 2 atom stereocenters. The Kier molecular flexibility index (Phi) is 10.5. The Bertz CT molecular complexity index is 1360. The highest BCUT2D eigenvalue weighted by atomic mass is 16.6. The van der Waals surface area contributed by atoms with Crippen LogP contribution in [0.3, 0.4) is 0 Å². The van der Waals surface area contributed by atoms with Crippen LogP contribution >= 0.6 is 0 Å². The van der Waals surface area contributed by atoms with E-state index >= 15 is 0 Å². The Morgan fingerprint density at radius 3 is 2.39 bits per heavy atom. The lowest BCUT2D eigenvalue weighted by Gasteiger charge is -2.24. The number of fused-ring (bicyclic) bond motifs is 1. The summed E-state index contributed by atoms with van der Waals surface area (Å²) in [5.41, 5.74) is 0.745. The fourth-order valence-corrected chi connectivity index (χ4v) is 4.09. The van der Waals surface area contributed by atoms with E-state index in [1.165, 1.54) is 20.4 Å². The molecule has 3 amide bonds. The molecule has 220 valence electrons. The van der Waals surface area contributed by atoms with Crippen LogP contribution in [0.1, 0.15) is 57.2 Å². The molecule has 0 fully saturated rings. The standard InChI is InChI=1S/C31H40N4O6/c1-20(2)16-24(34-29(37)26-18-22-14-11-15-25(39-7)27(22)40-26)28(36)33-23(17-21-12-9-8-10-13-21)19-32-35(6)30(38)41-31(3,4)5/h8-15,18-20,23-24H,16-17H2,1-7H3,(H,33,36)(H,34,37)/b32-19+/t23-,24-/m0/s1. The van der Waals surface area contributed by atoms with Crippen molar-refractivity contribution >= 4 is 35.1 Å². The van der Waals surface area contributed by atoms with Crippen molar-refractivity contribution in [2.45, 2.75) is 65.1 Å². The maximum atomic E-state index is 13.5. The second kappa shape index (κ2) is 13.8. The van der Waals surface area contributed by atoms with Gasteiger partial charge in [0.15, 0.2) is 17.1 Å². The van der Waals surface area contributed by atoms with Crippen molar-refractivity contribution in [3.8, 4) is 5.75 Å². The number of carbonyl (C=O) groups is 3. The van der Waals surface area contributed by atoms with Gasteiger partial charge in [-0.25, -0.2) is 9.80 Å². The molecule has 2 N–H and O–H groups in total. The summed E-state index contributed by atoms with van der Waals surface area (Å²) >= 11 is 0. The molecular weight excluding hydrogens is 524 g/mol. The van der Waals surface area contributed by atoms with E-state index in [4.69, 9.17) is 13.9 Å². The van der Waals surface area contributed by atoms with Crippen LogP contribution in [0.5, 0.6) is 5.75 Å². The van der Waals surface area contributed by atoms with Gasteiger partial charge >= 0.3 is 6.09 Å². The van der Waals surface area contributed by atoms with E-state index in [0.29, 0.717) is 29.6 Å². The molecule has 3 rings (SSSR count). The molecule has 0 bridgehead atoms. The quantitative estimate of drug-likeness (QED) is 0.245. The number of rotatable bonds is 11. The molecule has 1 heterocycles. The molecule has 0 saturated carbocycles. The Hall–Kier alpha value is -4.34. The summed E-state index contributed by atoms with van der Waals surface area (Å²) in [7, 11) is 3.01. The van der Waals surface area contributed by atoms with Gasteiger partial charge in [0.1, 0.15) is 11.6 Å². The highest BCUT2D eigenvalue weighted by molar-refractivity contribution is 5.99. The number of methoxy groups -OCH3 is 1. The van der Waals surface area contributed by atoms with E-state index in [1.807, 2.05) is 56.3 Å². The highest BCUT2D eigenvalue weighted by Gasteiger charge is 2.27. The summed E-state index contributed by atoms with van der Waals surface area (Å²) in [5, 5.41) is 11.8. The number of hydrogen-bond acceptors (Lipinski definition) is 7. The van der Waals surface area contributed by atoms with E-state index in [1.54, 1.807) is 32.9 Å². The van der Waals surface area contributed by atoms with Crippen molar-refractivity contribution in [1.82, 2.24) is 15.6 Å². The third-order valence-corrected chi connectivity index (χ3v) is 5.98. The number of para-hydroxylation sites is 1. The first-order valence-electron chi connectivity index (χ1n) is 13.6. The number of nitrogens with zero attached hydrogens (tertiary/aromatic N) is 2. The number of carbonyl (C=O) groups excluding carboxylic acids is 3. The minimum Gasteiger partial charge on any atom is -0.493 e.